The van der Waals surface area contributed by atoms with E-state index in [0.717, 1.165) is 27.6 Å². The summed E-state index contributed by atoms with van der Waals surface area (Å²) in [7, 11) is 1.61. The Morgan fingerprint density at radius 1 is 1.23 bits per heavy atom. The van der Waals surface area contributed by atoms with Crippen molar-refractivity contribution in [2.75, 3.05) is 13.7 Å². The van der Waals surface area contributed by atoms with E-state index in [2.05, 4.69) is 11.9 Å². The molecule has 7 heteroatoms. The van der Waals surface area contributed by atoms with E-state index in [1.807, 2.05) is 42.7 Å². The number of nitrogens with zero attached hydrogens (tertiary/aromatic N) is 2. The van der Waals surface area contributed by atoms with E-state index in [0.29, 0.717) is 24.9 Å². The van der Waals surface area contributed by atoms with Crippen LogP contribution in [0, 0.1) is 13.8 Å². The summed E-state index contributed by atoms with van der Waals surface area (Å²) < 4.78 is 7.14. The number of carbonyl (C=O) groups excluding carboxylic acids is 3. The molecule has 2 heterocycles. The quantitative estimate of drug-likeness (QED) is 0.381. The molecular formula is C24H29N3O4. The lowest BCUT2D eigenvalue weighted by Gasteiger charge is -2.21. The van der Waals surface area contributed by atoms with Crippen molar-refractivity contribution in [1.82, 2.24) is 14.8 Å². The van der Waals surface area contributed by atoms with Crippen molar-refractivity contribution in [3.8, 4) is 5.75 Å². The van der Waals surface area contributed by atoms with Crippen molar-refractivity contribution in [1.29, 1.82) is 0 Å². The first-order chi connectivity index (χ1) is 14.7. The summed E-state index contributed by atoms with van der Waals surface area (Å²) >= 11 is 0. The summed E-state index contributed by atoms with van der Waals surface area (Å²) in [6.45, 7) is 9.53. The lowest BCUT2D eigenvalue weighted by molar-refractivity contribution is -0.130. The first-order valence-corrected chi connectivity index (χ1v) is 10.3. The summed E-state index contributed by atoms with van der Waals surface area (Å²) in [4.78, 5) is 39.5. The summed E-state index contributed by atoms with van der Waals surface area (Å²) in [5, 5.41) is 2.77. The number of amides is 3. The van der Waals surface area contributed by atoms with Gasteiger partial charge in [0.25, 0.3) is 5.91 Å². The molecule has 164 valence electrons. The number of rotatable bonds is 9. The van der Waals surface area contributed by atoms with Crippen LogP contribution in [0.15, 0.2) is 43.0 Å². The summed E-state index contributed by atoms with van der Waals surface area (Å²) in [6, 6.07) is 8.85. The second-order valence-electron chi connectivity index (χ2n) is 8.11. The van der Waals surface area contributed by atoms with E-state index in [9.17, 15) is 14.4 Å². The molecule has 0 spiro atoms. The minimum atomic E-state index is -1.04. The molecule has 3 amide bonds. The molecule has 1 atom stereocenters. The highest BCUT2D eigenvalue weighted by molar-refractivity contribution is 6.11. The number of Topliss-reactive ketones (excluding diaryl/α,β-unsaturated/α-hetero) is 1. The third-order valence-corrected chi connectivity index (χ3v) is 5.91. The van der Waals surface area contributed by atoms with Crippen LogP contribution in [0.1, 0.15) is 40.7 Å². The number of aryl methyl sites for hydroxylation is 2. The minimum absolute atomic E-state index is 0.258. The highest BCUT2D eigenvalue weighted by Gasteiger charge is 2.48. The SMILES string of the molecule is C=CCn1c(C)cc(C(=O)CN2C(=O)N[C@](C)(CCc3ccc(OC)cc3)C2=O)c1C. The lowest BCUT2D eigenvalue weighted by Crippen LogP contribution is -2.44. The van der Waals surface area contributed by atoms with Gasteiger partial charge in [-0.25, -0.2) is 4.79 Å². The van der Waals surface area contributed by atoms with Crippen LogP contribution in [0.3, 0.4) is 0 Å². The lowest BCUT2D eigenvalue weighted by atomic mass is 9.93. The zero-order chi connectivity index (χ0) is 22.8. The molecule has 1 aliphatic heterocycles. The van der Waals surface area contributed by atoms with Crippen LogP contribution in [0.5, 0.6) is 5.75 Å². The van der Waals surface area contributed by atoms with E-state index in [-0.39, 0.29) is 18.2 Å². The molecular weight excluding hydrogens is 394 g/mol. The van der Waals surface area contributed by atoms with E-state index in [1.54, 1.807) is 26.2 Å². The van der Waals surface area contributed by atoms with E-state index in [1.165, 1.54) is 0 Å². The van der Waals surface area contributed by atoms with Gasteiger partial charge in [-0.15, -0.1) is 6.58 Å². The van der Waals surface area contributed by atoms with Crippen LogP contribution in [-0.2, 0) is 17.8 Å². The molecule has 7 nitrogen and oxygen atoms in total. The molecule has 1 aromatic heterocycles. The highest BCUT2D eigenvalue weighted by atomic mass is 16.5. The first-order valence-electron chi connectivity index (χ1n) is 10.3. The number of hydrogen-bond acceptors (Lipinski definition) is 4. The van der Waals surface area contributed by atoms with E-state index in [4.69, 9.17) is 4.74 Å². The van der Waals surface area contributed by atoms with E-state index < -0.39 is 11.6 Å². The van der Waals surface area contributed by atoms with Crippen LogP contribution in [-0.4, -0.2) is 46.4 Å². The summed E-state index contributed by atoms with van der Waals surface area (Å²) in [6.07, 6.45) is 2.80. The first kappa shape index (κ1) is 22.3. The maximum Gasteiger partial charge on any atom is 0.325 e. The van der Waals surface area contributed by atoms with Gasteiger partial charge in [0, 0.05) is 23.5 Å². The van der Waals surface area contributed by atoms with Crippen molar-refractivity contribution < 1.29 is 19.1 Å². The Kier molecular flexibility index (Phi) is 6.34. The topological polar surface area (TPSA) is 80.6 Å². The van der Waals surface area contributed by atoms with Gasteiger partial charge < -0.3 is 14.6 Å². The Morgan fingerprint density at radius 2 is 1.90 bits per heavy atom. The Labute approximate surface area is 182 Å². The fraction of sp³-hybridized carbons (Fsp3) is 0.375. The molecule has 1 fully saturated rings. The Balaban J connectivity index is 1.70. The Morgan fingerprint density at radius 3 is 2.52 bits per heavy atom. The molecule has 3 rings (SSSR count). The van der Waals surface area contributed by atoms with Gasteiger partial charge in [0.1, 0.15) is 11.3 Å². The molecule has 0 radical (unpaired) electrons. The van der Waals surface area contributed by atoms with Gasteiger partial charge in [-0.2, -0.15) is 0 Å². The normalized spacial score (nSPS) is 18.3. The molecule has 1 N–H and O–H groups in total. The fourth-order valence-electron chi connectivity index (χ4n) is 3.97. The zero-order valence-electron chi connectivity index (χ0n) is 18.5. The third kappa shape index (κ3) is 4.40. The Bertz CT molecular complexity index is 1020. The van der Waals surface area contributed by atoms with Gasteiger partial charge in [-0.3, -0.25) is 14.5 Å². The molecule has 1 aliphatic rings. The number of ketones is 1. The van der Waals surface area contributed by atoms with Gasteiger partial charge in [-0.1, -0.05) is 18.2 Å². The predicted molar refractivity (Wildman–Crippen MR) is 118 cm³/mol. The summed E-state index contributed by atoms with van der Waals surface area (Å²) in [5.74, 6) is 0.128. The molecule has 0 bridgehead atoms. The van der Waals surface area contributed by atoms with Crippen molar-refractivity contribution in [3.05, 3.63) is 65.5 Å². The number of hydrogen-bond donors (Lipinski definition) is 1. The molecule has 31 heavy (non-hydrogen) atoms. The van der Waals surface area contributed by atoms with Crippen molar-refractivity contribution in [2.45, 2.75) is 45.7 Å². The maximum atomic E-state index is 13.0. The smallest absolute Gasteiger partial charge is 0.325 e. The molecule has 0 aliphatic carbocycles. The predicted octanol–water partition coefficient (Wildman–Crippen LogP) is 3.43. The number of benzene rings is 1. The molecule has 1 saturated heterocycles. The number of ether oxygens (including phenoxy) is 1. The number of aromatic nitrogens is 1. The minimum Gasteiger partial charge on any atom is -0.497 e. The molecule has 1 aromatic carbocycles. The molecule has 2 aromatic rings. The van der Waals surface area contributed by atoms with Crippen LogP contribution >= 0.6 is 0 Å². The zero-order valence-corrected chi connectivity index (χ0v) is 18.5. The molecule has 0 unspecified atom stereocenters. The summed E-state index contributed by atoms with van der Waals surface area (Å²) in [5.41, 5.74) is 2.25. The highest BCUT2D eigenvalue weighted by Crippen LogP contribution is 2.25. The fourth-order valence-corrected chi connectivity index (χ4v) is 3.97. The molecule has 0 saturated carbocycles. The van der Waals surface area contributed by atoms with Crippen molar-refractivity contribution in [3.63, 3.8) is 0 Å². The largest absolute Gasteiger partial charge is 0.497 e. The average molecular weight is 424 g/mol. The van der Waals surface area contributed by atoms with Gasteiger partial charge >= 0.3 is 6.03 Å². The van der Waals surface area contributed by atoms with Gasteiger partial charge in [-0.05, 0) is 57.4 Å². The van der Waals surface area contributed by atoms with Crippen molar-refractivity contribution >= 4 is 17.7 Å². The average Bonchev–Trinajstić information content (AvgIpc) is 3.15. The van der Waals surface area contributed by atoms with Gasteiger partial charge in [0.2, 0.25) is 0 Å². The van der Waals surface area contributed by atoms with Crippen LogP contribution in [0.25, 0.3) is 0 Å². The number of imide groups is 1. The van der Waals surface area contributed by atoms with Crippen LogP contribution in [0.2, 0.25) is 0 Å². The van der Waals surface area contributed by atoms with E-state index >= 15 is 0 Å². The van der Waals surface area contributed by atoms with Crippen LogP contribution in [0.4, 0.5) is 4.79 Å². The number of carbonyl (C=O) groups is 3. The van der Waals surface area contributed by atoms with Gasteiger partial charge in [0.05, 0.1) is 13.7 Å². The van der Waals surface area contributed by atoms with Gasteiger partial charge in [0.15, 0.2) is 5.78 Å². The monoisotopic (exact) mass is 423 g/mol. The maximum absolute atomic E-state index is 13.0. The second kappa shape index (κ2) is 8.79. The standard InChI is InChI=1S/C24H29N3O4/c1-6-13-26-16(2)14-20(17(26)3)21(28)15-27-22(29)24(4,25-23(27)30)12-11-18-7-9-19(31-5)10-8-18/h6-10,14H,1,11-13,15H2,2-5H3,(H,25,30)/t24-/m1/s1. The third-order valence-electron chi connectivity index (χ3n) is 5.91. The second-order valence-corrected chi connectivity index (χ2v) is 8.11. The number of allylic oxidation sites excluding steroid dienone is 1. The number of methoxy groups -OCH3 is 1. The van der Waals surface area contributed by atoms with Crippen LogP contribution < -0.4 is 10.1 Å². The number of urea groups is 1. The Hall–Kier alpha value is -3.35. The number of nitrogens with one attached hydrogen (secondary N) is 1. The van der Waals surface area contributed by atoms with Crippen molar-refractivity contribution in [2.24, 2.45) is 0 Å².